The molecule has 0 heterocycles. The minimum absolute atomic E-state index is 1.32. The zero-order chi connectivity index (χ0) is 13.4. The third-order valence-corrected chi connectivity index (χ3v) is 4.41. The molecule has 0 amide bonds. The molecular weight excluding hydrogens is 228 g/mol. The van der Waals surface area contributed by atoms with Gasteiger partial charge in [-0.25, -0.2) is 0 Å². The van der Waals surface area contributed by atoms with Gasteiger partial charge in [-0.05, 0) is 25.7 Å². The number of allylic oxidation sites excluding steroid dienone is 2. The minimum Gasteiger partial charge on any atom is -0.0885 e. The van der Waals surface area contributed by atoms with E-state index in [0.717, 1.165) is 0 Å². The lowest BCUT2D eigenvalue weighted by Gasteiger charge is -2.03. The van der Waals surface area contributed by atoms with Gasteiger partial charge in [0.15, 0.2) is 0 Å². The monoisotopic (exact) mass is 264 g/mol. The topological polar surface area (TPSA) is 0 Å². The molecule has 19 heavy (non-hydrogen) atoms. The Bertz CT molecular complexity index is 172. The molecular formula is C19H36. The van der Waals surface area contributed by atoms with E-state index >= 15 is 0 Å². The fraction of sp³-hybridized carbons (Fsp3) is 0.895. The number of hydrogen-bond donors (Lipinski definition) is 0. The maximum absolute atomic E-state index is 2.42. The van der Waals surface area contributed by atoms with Crippen LogP contribution in [-0.2, 0) is 0 Å². The van der Waals surface area contributed by atoms with Gasteiger partial charge in [-0.1, -0.05) is 95.6 Å². The van der Waals surface area contributed by atoms with Crippen molar-refractivity contribution >= 4 is 0 Å². The molecule has 0 N–H and O–H groups in total. The molecule has 0 saturated heterocycles. The van der Waals surface area contributed by atoms with Crippen LogP contribution in [0.5, 0.6) is 0 Å². The molecule has 0 aromatic rings. The Morgan fingerprint density at radius 3 is 0.737 bits per heavy atom. The van der Waals surface area contributed by atoms with Gasteiger partial charge < -0.3 is 0 Å². The average Bonchev–Trinajstić information content (AvgIpc) is 2.43. The molecule has 0 aliphatic heterocycles. The van der Waals surface area contributed by atoms with Crippen LogP contribution in [0.1, 0.15) is 109 Å². The van der Waals surface area contributed by atoms with E-state index in [1.165, 1.54) is 109 Å². The SMILES string of the molecule is C1=C\CCCCCCCCCCCCCCCCC/1. The molecule has 0 nitrogen and oxygen atoms in total. The molecule has 0 radical (unpaired) electrons. The predicted molar refractivity (Wildman–Crippen MR) is 87.6 cm³/mol. The molecule has 1 aliphatic rings. The fourth-order valence-corrected chi connectivity index (χ4v) is 3.06. The second-order valence-electron chi connectivity index (χ2n) is 6.35. The summed E-state index contributed by atoms with van der Waals surface area (Å²) >= 11 is 0. The van der Waals surface area contributed by atoms with Crippen LogP contribution < -0.4 is 0 Å². The third-order valence-electron chi connectivity index (χ3n) is 4.41. The van der Waals surface area contributed by atoms with E-state index in [2.05, 4.69) is 12.2 Å². The summed E-state index contributed by atoms with van der Waals surface area (Å²) in [5.74, 6) is 0. The van der Waals surface area contributed by atoms with Gasteiger partial charge in [-0.2, -0.15) is 0 Å². The first-order chi connectivity index (χ1) is 9.50. The second-order valence-corrected chi connectivity index (χ2v) is 6.35. The molecule has 0 heteroatoms. The molecule has 0 saturated carbocycles. The van der Waals surface area contributed by atoms with Crippen molar-refractivity contribution in [3.8, 4) is 0 Å². The minimum atomic E-state index is 1.32. The highest BCUT2D eigenvalue weighted by Gasteiger charge is 1.95. The van der Waals surface area contributed by atoms with Gasteiger partial charge in [0.05, 0.1) is 0 Å². The van der Waals surface area contributed by atoms with Crippen molar-refractivity contribution in [1.82, 2.24) is 0 Å². The molecule has 0 bridgehead atoms. The lowest BCUT2D eigenvalue weighted by Crippen LogP contribution is -1.83. The van der Waals surface area contributed by atoms with Gasteiger partial charge in [0.1, 0.15) is 0 Å². The van der Waals surface area contributed by atoms with E-state index in [1.54, 1.807) is 0 Å². The van der Waals surface area contributed by atoms with E-state index in [-0.39, 0.29) is 0 Å². The van der Waals surface area contributed by atoms with Crippen LogP contribution in [0, 0.1) is 0 Å². The van der Waals surface area contributed by atoms with E-state index in [9.17, 15) is 0 Å². The molecule has 112 valence electrons. The largest absolute Gasteiger partial charge is 0.0885 e. The maximum atomic E-state index is 2.42. The molecule has 1 aliphatic carbocycles. The van der Waals surface area contributed by atoms with E-state index < -0.39 is 0 Å². The highest BCUT2D eigenvalue weighted by molar-refractivity contribution is 4.81. The second kappa shape index (κ2) is 14.2. The summed E-state index contributed by atoms with van der Waals surface area (Å²) in [7, 11) is 0. The highest BCUT2D eigenvalue weighted by Crippen LogP contribution is 2.14. The van der Waals surface area contributed by atoms with Gasteiger partial charge in [0.2, 0.25) is 0 Å². The van der Waals surface area contributed by atoms with Crippen molar-refractivity contribution in [3.63, 3.8) is 0 Å². The van der Waals surface area contributed by atoms with E-state index in [4.69, 9.17) is 0 Å². The maximum Gasteiger partial charge on any atom is -0.0351 e. The first-order valence-corrected chi connectivity index (χ1v) is 9.15. The van der Waals surface area contributed by atoms with Gasteiger partial charge in [0, 0.05) is 0 Å². The molecule has 0 spiro atoms. The predicted octanol–water partition coefficient (Wildman–Crippen LogP) is 7.19. The quantitative estimate of drug-likeness (QED) is 0.406. The molecule has 1 rings (SSSR count). The summed E-state index contributed by atoms with van der Waals surface area (Å²) in [6.07, 6.45) is 29.5. The van der Waals surface area contributed by atoms with Crippen LogP contribution in [0.3, 0.4) is 0 Å². The van der Waals surface area contributed by atoms with Gasteiger partial charge in [-0.15, -0.1) is 0 Å². The molecule has 0 aromatic heterocycles. The van der Waals surface area contributed by atoms with Crippen molar-refractivity contribution in [3.05, 3.63) is 12.2 Å². The van der Waals surface area contributed by atoms with E-state index in [0.29, 0.717) is 0 Å². The summed E-state index contributed by atoms with van der Waals surface area (Å²) in [4.78, 5) is 0. The summed E-state index contributed by atoms with van der Waals surface area (Å²) < 4.78 is 0. The van der Waals surface area contributed by atoms with Gasteiger partial charge in [-0.3, -0.25) is 0 Å². The Morgan fingerprint density at radius 1 is 0.263 bits per heavy atom. The van der Waals surface area contributed by atoms with Gasteiger partial charge in [0.25, 0.3) is 0 Å². The summed E-state index contributed by atoms with van der Waals surface area (Å²) in [5, 5.41) is 0. The van der Waals surface area contributed by atoms with Crippen LogP contribution in [0.2, 0.25) is 0 Å². The first-order valence-electron chi connectivity index (χ1n) is 9.15. The summed E-state index contributed by atoms with van der Waals surface area (Å²) in [6, 6.07) is 0. The summed E-state index contributed by atoms with van der Waals surface area (Å²) in [6.45, 7) is 0. The average molecular weight is 264 g/mol. The lowest BCUT2D eigenvalue weighted by molar-refractivity contribution is 0.532. The zero-order valence-electron chi connectivity index (χ0n) is 13.2. The van der Waals surface area contributed by atoms with Gasteiger partial charge >= 0.3 is 0 Å². The Kier molecular flexibility index (Phi) is 12.5. The van der Waals surface area contributed by atoms with Crippen molar-refractivity contribution in [1.29, 1.82) is 0 Å². The Balaban J connectivity index is 2.06. The van der Waals surface area contributed by atoms with Crippen molar-refractivity contribution in [2.24, 2.45) is 0 Å². The van der Waals surface area contributed by atoms with Crippen LogP contribution in [0.25, 0.3) is 0 Å². The first kappa shape index (κ1) is 16.8. The Hall–Kier alpha value is -0.260. The molecule has 0 atom stereocenters. The fourth-order valence-electron chi connectivity index (χ4n) is 3.06. The standard InChI is InChI=1S/C19H36/c1-2-4-6-8-10-12-14-16-18-19-17-15-13-11-9-7-5-3-1/h1-2H,3-19H2/b2-1-. The highest BCUT2D eigenvalue weighted by atomic mass is 14.0. The van der Waals surface area contributed by atoms with Crippen molar-refractivity contribution in [2.75, 3.05) is 0 Å². The molecule has 0 aromatic carbocycles. The van der Waals surface area contributed by atoms with Crippen LogP contribution in [-0.4, -0.2) is 0 Å². The molecule has 0 unspecified atom stereocenters. The van der Waals surface area contributed by atoms with Crippen molar-refractivity contribution < 1.29 is 0 Å². The normalized spacial score (nSPS) is 24.8. The molecule has 0 fully saturated rings. The smallest absolute Gasteiger partial charge is 0.0351 e. The third kappa shape index (κ3) is 12.5. The Labute approximate surface area is 122 Å². The number of hydrogen-bond acceptors (Lipinski definition) is 0. The van der Waals surface area contributed by atoms with E-state index in [1.807, 2.05) is 0 Å². The lowest BCUT2D eigenvalue weighted by atomic mass is 10.0. The summed E-state index contributed by atoms with van der Waals surface area (Å²) in [5.41, 5.74) is 0. The van der Waals surface area contributed by atoms with Crippen LogP contribution in [0.15, 0.2) is 12.2 Å². The van der Waals surface area contributed by atoms with Crippen LogP contribution in [0.4, 0.5) is 0 Å². The van der Waals surface area contributed by atoms with Crippen LogP contribution >= 0.6 is 0 Å². The van der Waals surface area contributed by atoms with Crippen molar-refractivity contribution in [2.45, 2.75) is 109 Å². The zero-order valence-corrected chi connectivity index (χ0v) is 13.2. The number of rotatable bonds is 0. The Morgan fingerprint density at radius 2 is 0.474 bits per heavy atom.